The van der Waals surface area contributed by atoms with E-state index in [0.29, 0.717) is 11.4 Å². The van der Waals surface area contributed by atoms with Gasteiger partial charge in [-0.15, -0.1) is 0 Å². The van der Waals surface area contributed by atoms with Crippen molar-refractivity contribution in [1.82, 2.24) is 4.98 Å². The summed E-state index contributed by atoms with van der Waals surface area (Å²) in [4.78, 5) is 17.6. The number of fused-ring (bicyclic) bond motifs is 2. The molecule has 0 radical (unpaired) electrons. The second-order valence-corrected chi connectivity index (χ2v) is 8.83. The van der Waals surface area contributed by atoms with Crippen LogP contribution in [-0.4, -0.2) is 24.6 Å². The molecule has 1 aromatic heterocycles. The van der Waals surface area contributed by atoms with E-state index >= 15 is 0 Å². The van der Waals surface area contributed by atoms with Gasteiger partial charge in [-0.25, -0.2) is 0 Å². The van der Waals surface area contributed by atoms with Gasteiger partial charge in [0, 0.05) is 16.8 Å². The van der Waals surface area contributed by atoms with Crippen molar-refractivity contribution in [1.29, 1.82) is 0 Å². The summed E-state index contributed by atoms with van der Waals surface area (Å²) in [5.74, 6) is 1.24. The van der Waals surface area contributed by atoms with Gasteiger partial charge in [0.2, 0.25) is 0 Å². The monoisotopic (exact) mass is 467 g/mol. The summed E-state index contributed by atoms with van der Waals surface area (Å²) in [7, 11) is 1.67. The summed E-state index contributed by atoms with van der Waals surface area (Å²) in [5.41, 5.74) is 7.00. The first kappa shape index (κ1) is 22.7. The van der Waals surface area contributed by atoms with Crippen LogP contribution in [0.2, 0.25) is 0 Å². The third-order valence-electron chi connectivity index (χ3n) is 6.27. The Bertz CT molecular complexity index is 1380. The molecule has 178 valence electrons. The van der Waals surface area contributed by atoms with Crippen LogP contribution in [0.25, 0.3) is 10.9 Å². The Hall–Kier alpha value is -4.06. The average molecular weight is 468 g/mol. The maximum Gasteiger partial charge on any atom is 0.262 e. The van der Waals surface area contributed by atoms with Gasteiger partial charge in [-0.05, 0) is 86.2 Å². The number of aryl methyl sites for hydroxylation is 2. The van der Waals surface area contributed by atoms with E-state index in [9.17, 15) is 4.79 Å². The molecule has 4 aromatic rings. The van der Waals surface area contributed by atoms with Crippen LogP contribution in [0.15, 0.2) is 66.7 Å². The molecule has 35 heavy (non-hydrogen) atoms. The predicted molar refractivity (Wildman–Crippen MR) is 140 cm³/mol. The first-order valence-corrected chi connectivity index (χ1v) is 12.0. The number of benzene rings is 3. The number of amides is 1. The van der Waals surface area contributed by atoms with Gasteiger partial charge in [-0.3, -0.25) is 9.78 Å². The Morgan fingerprint density at radius 3 is 2.71 bits per heavy atom. The lowest BCUT2D eigenvalue weighted by molar-refractivity contribution is -0.118. The Morgan fingerprint density at radius 2 is 1.86 bits per heavy atom. The number of ether oxygens (including phenoxy) is 2. The van der Waals surface area contributed by atoms with Crippen molar-refractivity contribution in [3.8, 4) is 11.5 Å². The molecule has 0 fully saturated rings. The first-order chi connectivity index (χ1) is 17.1. The highest BCUT2D eigenvalue weighted by Crippen LogP contribution is 2.38. The van der Waals surface area contributed by atoms with Crippen LogP contribution in [0.1, 0.15) is 29.7 Å². The zero-order chi connectivity index (χ0) is 24.2. The van der Waals surface area contributed by atoms with E-state index in [-0.39, 0.29) is 12.5 Å². The molecule has 0 bridgehead atoms. The zero-order valence-electron chi connectivity index (χ0n) is 20.1. The molecular weight excluding hydrogens is 438 g/mol. The van der Waals surface area contributed by atoms with E-state index < -0.39 is 0 Å². The third-order valence-corrected chi connectivity index (χ3v) is 6.27. The molecule has 0 aliphatic heterocycles. The highest BCUT2D eigenvalue weighted by Gasteiger charge is 2.20. The fraction of sp³-hybridized carbons (Fsp3) is 0.241. The van der Waals surface area contributed by atoms with Gasteiger partial charge >= 0.3 is 0 Å². The number of para-hydroxylation sites is 2. The maximum atomic E-state index is 12.6. The SMILES string of the molecule is COc1ccccc1Nc1c2c(nc3ccc(NC(=O)COc4cccc(C)c4)cc13)CCCC2. The van der Waals surface area contributed by atoms with E-state index in [1.807, 2.05) is 73.7 Å². The van der Waals surface area contributed by atoms with Crippen LogP contribution in [0.4, 0.5) is 17.1 Å². The molecule has 0 unspecified atom stereocenters. The number of carbonyl (C=O) groups is 1. The lowest BCUT2D eigenvalue weighted by Gasteiger charge is -2.23. The quantitative estimate of drug-likeness (QED) is 0.339. The van der Waals surface area contributed by atoms with Gasteiger partial charge in [0.15, 0.2) is 6.61 Å². The number of hydrogen-bond acceptors (Lipinski definition) is 5. The Kier molecular flexibility index (Phi) is 6.53. The van der Waals surface area contributed by atoms with Crippen molar-refractivity contribution < 1.29 is 14.3 Å². The van der Waals surface area contributed by atoms with Crippen molar-refractivity contribution in [2.45, 2.75) is 32.6 Å². The number of nitrogens with one attached hydrogen (secondary N) is 2. The van der Waals surface area contributed by atoms with Gasteiger partial charge in [0.25, 0.3) is 5.91 Å². The van der Waals surface area contributed by atoms with Crippen molar-refractivity contribution in [2.24, 2.45) is 0 Å². The van der Waals surface area contributed by atoms with E-state index in [1.165, 1.54) is 5.56 Å². The smallest absolute Gasteiger partial charge is 0.262 e. The molecule has 1 heterocycles. The first-order valence-electron chi connectivity index (χ1n) is 12.0. The Balaban J connectivity index is 1.45. The number of nitrogens with zero attached hydrogens (tertiary/aromatic N) is 1. The molecule has 0 saturated heterocycles. The van der Waals surface area contributed by atoms with Crippen molar-refractivity contribution in [3.63, 3.8) is 0 Å². The number of carbonyl (C=O) groups excluding carboxylic acids is 1. The lowest BCUT2D eigenvalue weighted by atomic mass is 9.92. The fourth-order valence-electron chi connectivity index (χ4n) is 4.58. The summed E-state index contributed by atoms with van der Waals surface area (Å²) in [5, 5.41) is 7.56. The molecule has 0 atom stereocenters. The predicted octanol–water partition coefficient (Wildman–Crippen LogP) is 6.19. The minimum atomic E-state index is -0.212. The minimum absolute atomic E-state index is 0.0593. The number of aromatic nitrogens is 1. The summed E-state index contributed by atoms with van der Waals surface area (Å²) in [6.07, 6.45) is 4.22. The fourth-order valence-corrected chi connectivity index (χ4v) is 4.58. The molecule has 0 saturated carbocycles. The molecule has 6 heteroatoms. The highest BCUT2D eigenvalue weighted by atomic mass is 16.5. The topological polar surface area (TPSA) is 72.5 Å². The lowest BCUT2D eigenvalue weighted by Crippen LogP contribution is -2.20. The van der Waals surface area contributed by atoms with Crippen LogP contribution in [0.5, 0.6) is 11.5 Å². The molecule has 1 amide bonds. The van der Waals surface area contributed by atoms with E-state index in [1.54, 1.807) is 7.11 Å². The largest absolute Gasteiger partial charge is 0.495 e. The number of pyridine rings is 1. The Morgan fingerprint density at radius 1 is 1.00 bits per heavy atom. The van der Waals surface area contributed by atoms with E-state index in [2.05, 4.69) is 10.6 Å². The summed E-state index contributed by atoms with van der Waals surface area (Å²) in [6.45, 7) is 1.93. The molecule has 6 nitrogen and oxygen atoms in total. The summed E-state index contributed by atoms with van der Waals surface area (Å²) in [6, 6.07) is 21.4. The number of methoxy groups -OCH3 is 1. The molecule has 1 aliphatic rings. The highest BCUT2D eigenvalue weighted by molar-refractivity contribution is 6.00. The number of anilines is 3. The third kappa shape index (κ3) is 5.06. The minimum Gasteiger partial charge on any atom is -0.495 e. The van der Waals surface area contributed by atoms with Gasteiger partial charge in [0.05, 0.1) is 24.0 Å². The normalized spacial score (nSPS) is 12.6. The van der Waals surface area contributed by atoms with Crippen LogP contribution in [-0.2, 0) is 17.6 Å². The second kappa shape index (κ2) is 10.1. The van der Waals surface area contributed by atoms with Crippen molar-refractivity contribution in [3.05, 3.63) is 83.6 Å². The van der Waals surface area contributed by atoms with Gasteiger partial charge < -0.3 is 20.1 Å². The van der Waals surface area contributed by atoms with Crippen LogP contribution < -0.4 is 20.1 Å². The van der Waals surface area contributed by atoms with Gasteiger partial charge in [0.1, 0.15) is 11.5 Å². The molecular formula is C29H29N3O3. The molecule has 0 spiro atoms. The van der Waals surface area contributed by atoms with Crippen LogP contribution >= 0.6 is 0 Å². The average Bonchev–Trinajstić information content (AvgIpc) is 2.88. The van der Waals surface area contributed by atoms with E-state index in [0.717, 1.165) is 65.0 Å². The zero-order valence-corrected chi connectivity index (χ0v) is 20.1. The maximum absolute atomic E-state index is 12.6. The molecule has 5 rings (SSSR count). The van der Waals surface area contributed by atoms with Crippen molar-refractivity contribution >= 4 is 33.9 Å². The molecule has 3 aromatic carbocycles. The van der Waals surface area contributed by atoms with Crippen molar-refractivity contribution in [2.75, 3.05) is 24.4 Å². The molecule has 2 N–H and O–H groups in total. The Labute approximate surface area is 205 Å². The number of rotatable bonds is 7. The molecule has 1 aliphatic carbocycles. The van der Waals surface area contributed by atoms with Crippen LogP contribution in [0, 0.1) is 6.92 Å². The second-order valence-electron chi connectivity index (χ2n) is 8.83. The van der Waals surface area contributed by atoms with Crippen LogP contribution in [0.3, 0.4) is 0 Å². The summed E-state index contributed by atoms with van der Waals surface area (Å²) >= 11 is 0. The number of hydrogen-bond donors (Lipinski definition) is 2. The van der Waals surface area contributed by atoms with E-state index in [4.69, 9.17) is 14.5 Å². The van der Waals surface area contributed by atoms with Gasteiger partial charge in [-0.1, -0.05) is 24.3 Å². The summed E-state index contributed by atoms with van der Waals surface area (Å²) < 4.78 is 11.2. The van der Waals surface area contributed by atoms with Gasteiger partial charge in [-0.2, -0.15) is 0 Å². The standard InChI is InChI=1S/C29H29N3O3/c1-19-8-7-9-21(16-19)35-18-28(33)30-20-14-15-25-23(17-20)29(22-10-3-4-11-24(22)31-25)32-26-12-5-6-13-27(26)34-2/h5-9,12-17H,3-4,10-11,18H2,1-2H3,(H,30,33)(H,31,32).